The highest BCUT2D eigenvalue weighted by molar-refractivity contribution is 9.10. The fraction of sp³-hybridized carbons (Fsp3) is 0.481. The number of aliphatic hydroxyl groups is 1. The summed E-state index contributed by atoms with van der Waals surface area (Å²) >= 11 is 3.64. The minimum absolute atomic E-state index is 0.0804. The second-order valence-electron chi connectivity index (χ2n) is 19.7. The van der Waals surface area contributed by atoms with Gasteiger partial charge in [-0.15, -0.1) is 0 Å². The number of nitrogens with zero attached hydrogens (tertiary/aromatic N) is 8. The molecular formula is C52H65BrN11O5P. The van der Waals surface area contributed by atoms with Crippen molar-refractivity contribution < 1.29 is 19.2 Å². The molecule has 0 bridgehead atoms. The van der Waals surface area contributed by atoms with Crippen molar-refractivity contribution in [3.63, 3.8) is 0 Å². The zero-order valence-electron chi connectivity index (χ0n) is 40.9. The number of rotatable bonds is 15. The first-order valence-corrected chi connectivity index (χ1v) is 28.4. The summed E-state index contributed by atoms with van der Waals surface area (Å²) in [5.74, 6) is 1.47. The topological polar surface area (TPSA) is 175 Å². The van der Waals surface area contributed by atoms with Crippen molar-refractivity contribution in [1.29, 1.82) is 0 Å². The summed E-state index contributed by atoms with van der Waals surface area (Å²) in [6.45, 7) is 14.8. The van der Waals surface area contributed by atoms with Crippen LogP contribution < -0.4 is 36.6 Å². The number of piperidine rings is 2. The summed E-state index contributed by atoms with van der Waals surface area (Å²) in [6, 6.07) is 18.6. The predicted octanol–water partition coefficient (Wildman–Crippen LogP) is 7.71. The van der Waals surface area contributed by atoms with E-state index < -0.39 is 19.4 Å². The van der Waals surface area contributed by atoms with Crippen LogP contribution in [0.25, 0.3) is 21.9 Å². The van der Waals surface area contributed by atoms with Crippen LogP contribution in [-0.4, -0.2) is 123 Å². The Balaban J connectivity index is 0.769. The molecule has 4 N–H and O–H groups in total. The number of hydrogen-bond donors (Lipinski definition) is 4. The van der Waals surface area contributed by atoms with Gasteiger partial charge in [0, 0.05) is 98.7 Å². The molecule has 2 unspecified atom stereocenters. The normalized spacial score (nSPS) is 19.8. The molecule has 6 heterocycles. The van der Waals surface area contributed by atoms with E-state index in [1.807, 2.05) is 41.0 Å². The van der Waals surface area contributed by atoms with Crippen molar-refractivity contribution >= 4 is 85.0 Å². The molecule has 4 fully saturated rings. The minimum Gasteiger partial charge on any atom is -0.494 e. The number of anilines is 5. The number of carbonyl (C=O) groups is 1. The minimum atomic E-state index is -2.74. The lowest BCUT2D eigenvalue weighted by molar-refractivity contribution is -0.128. The van der Waals surface area contributed by atoms with Gasteiger partial charge in [0.2, 0.25) is 11.9 Å². The Hall–Kier alpha value is -5.32. The largest absolute Gasteiger partial charge is 0.494 e. The number of carbonyl (C=O) groups excluding carboxylic acids is 1. The molecule has 10 rings (SSSR count). The van der Waals surface area contributed by atoms with E-state index in [0.29, 0.717) is 46.6 Å². The van der Waals surface area contributed by atoms with Gasteiger partial charge >= 0.3 is 5.69 Å². The van der Waals surface area contributed by atoms with Crippen LogP contribution in [-0.2, 0) is 28.6 Å². The summed E-state index contributed by atoms with van der Waals surface area (Å²) in [4.78, 5) is 48.0. The number of aryl methyl sites for hydroxylation is 2. The molecule has 70 heavy (non-hydrogen) atoms. The molecule has 1 saturated carbocycles. The molecular weight excluding hydrogens is 970 g/mol. The molecule has 16 nitrogen and oxygen atoms in total. The summed E-state index contributed by atoms with van der Waals surface area (Å²) in [7, 11) is -1.04. The van der Waals surface area contributed by atoms with E-state index in [4.69, 9.17) is 14.7 Å². The third kappa shape index (κ3) is 9.71. The average Bonchev–Trinajstić information content (AvgIpc) is 4.16. The van der Waals surface area contributed by atoms with Crippen molar-refractivity contribution in [2.24, 2.45) is 0 Å². The lowest BCUT2D eigenvalue weighted by atomic mass is 9.99. The van der Waals surface area contributed by atoms with Gasteiger partial charge in [-0.2, -0.15) is 4.98 Å². The van der Waals surface area contributed by atoms with E-state index >= 15 is 0 Å². The highest BCUT2D eigenvalue weighted by atomic mass is 79.9. The third-order valence-electron chi connectivity index (χ3n) is 14.8. The van der Waals surface area contributed by atoms with Gasteiger partial charge in [0.05, 0.1) is 45.5 Å². The van der Waals surface area contributed by atoms with E-state index in [-0.39, 0.29) is 17.6 Å². The first-order valence-electron chi connectivity index (χ1n) is 25.0. The molecule has 18 heteroatoms. The molecule has 3 aromatic carbocycles. The second kappa shape index (κ2) is 20.1. The van der Waals surface area contributed by atoms with Gasteiger partial charge in [0.15, 0.2) is 0 Å². The SMILES string of the molecule is CCc1ccc2c(P(C)(C)=O)c(Nc3nc(Nc4cc(CC)c(N5CCC(N6CCN(CCc7cccc8c7n(C7CC7)c(=O)n8C7CCC(=O)NC7O)CC6)CC5)cc4OC)ncc3Br)ccc2n1. The number of aliphatic hydroxyl groups excluding tert-OH is 1. The van der Waals surface area contributed by atoms with Gasteiger partial charge < -0.3 is 40.2 Å². The van der Waals surface area contributed by atoms with Gasteiger partial charge in [0.25, 0.3) is 0 Å². The van der Waals surface area contributed by atoms with Crippen molar-refractivity contribution in [3.8, 4) is 5.75 Å². The monoisotopic (exact) mass is 1030 g/mol. The lowest BCUT2D eigenvalue weighted by Crippen LogP contribution is -2.53. The van der Waals surface area contributed by atoms with Crippen LogP contribution in [0.3, 0.4) is 0 Å². The lowest BCUT2D eigenvalue weighted by Gasteiger charge is -2.43. The quantitative estimate of drug-likeness (QED) is 0.0738. The Kier molecular flexibility index (Phi) is 13.8. The first kappa shape index (κ1) is 48.3. The van der Waals surface area contributed by atoms with Crippen LogP contribution in [0.1, 0.15) is 81.3 Å². The van der Waals surface area contributed by atoms with Crippen LogP contribution in [0, 0.1) is 0 Å². The number of amides is 1. The molecule has 0 spiro atoms. The van der Waals surface area contributed by atoms with E-state index in [2.05, 4.69) is 83.6 Å². The van der Waals surface area contributed by atoms with Crippen LogP contribution in [0.2, 0.25) is 0 Å². The molecule has 4 aliphatic rings. The highest BCUT2D eigenvalue weighted by Gasteiger charge is 2.36. The van der Waals surface area contributed by atoms with Crippen LogP contribution in [0.4, 0.5) is 28.8 Å². The molecule has 2 atom stereocenters. The fourth-order valence-electron chi connectivity index (χ4n) is 11.0. The van der Waals surface area contributed by atoms with Crippen LogP contribution >= 0.6 is 23.1 Å². The summed E-state index contributed by atoms with van der Waals surface area (Å²) in [5, 5.41) is 22.0. The third-order valence-corrected chi connectivity index (χ3v) is 17.0. The molecule has 370 valence electrons. The molecule has 3 saturated heterocycles. The number of imidazole rings is 1. The molecule has 0 radical (unpaired) electrons. The maximum atomic E-state index is 14.0. The first-order chi connectivity index (χ1) is 33.8. The van der Waals surface area contributed by atoms with Gasteiger partial charge in [-0.3, -0.25) is 23.8 Å². The van der Waals surface area contributed by atoms with E-state index in [9.17, 15) is 19.3 Å². The maximum Gasteiger partial charge on any atom is 0.329 e. The summed E-state index contributed by atoms with van der Waals surface area (Å²) < 4.78 is 24.1. The number of benzene rings is 3. The number of hydrogen-bond acceptors (Lipinski definition) is 13. The molecule has 3 aliphatic heterocycles. The number of halogens is 1. The maximum absolute atomic E-state index is 14.0. The molecule has 6 aromatic rings. The number of pyridine rings is 1. The van der Waals surface area contributed by atoms with Crippen molar-refractivity contribution in [2.75, 3.05) is 81.8 Å². The number of para-hydroxylation sites is 1. The molecule has 1 aliphatic carbocycles. The Bertz CT molecular complexity index is 3040. The Labute approximate surface area is 417 Å². The Morgan fingerprint density at radius 1 is 0.857 bits per heavy atom. The van der Waals surface area contributed by atoms with Gasteiger partial charge in [0.1, 0.15) is 24.9 Å². The van der Waals surface area contributed by atoms with Gasteiger partial charge in [-0.05, 0) is 122 Å². The number of piperazine rings is 1. The van der Waals surface area contributed by atoms with Crippen molar-refractivity contribution in [1.82, 2.24) is 39.2 Å². The molecule has 1 amide bonds. The van der Waals surface area contributed by atoms with E-state index in [1.165, 1.54) is 16.8 Å². The smallest absolute Gasteiger partial charge is 0.329 e. The van der Waals surface area contributed by atoms with Crippen LogP contribution in [0.5, 0.6) is 5.75 Å². The van der Waals surface area contributed by atoms with E-state index in [0.717, 1.165) is 129 Å². The van der Waals surface area contributed by atoms with Gasteiger partial charge in [-0.25, -0.2) is 9.78 Å². The number of methoxy groups -OCH3 is 1. The Morgan fingerprint density at radius 3 is 2.34 bits per heavy atom. The highest BCUT2D eigenvalue weighted by Crippen LogP contribution is 2.43. The average molecular weight is 1040 g/mol. The number of aromatic nitrogens is 5. The summed E-state index contributed by atoms with van der Waals surface area (Å²) in [6.07, 6.45) is 8.02. The van der Waals surface area contributed by atoms with Crippen LogP contribution in [0.15, 0.2) is 70.1 Å². The molecule has 3 aromatic heterocycles. The standard InChI is InChI=1S/C52H65BrN11O5P/c1-6-32-29-41(57-51-54-31-38(53)49(59-51)56-40-16-15-39-37(48(40)70(4,5)68)14-11-34(7-2)55-39)45(69-3)30-44(32)62-23-20-35(21-24-62)61-27-25-60(26-28-61)22-19-33-9-8-10-42-47(33)63(36-12-13-36)52(67)64(42)43-17-18-46(65)58-50(43)66/h8-11,14-16,29-31,35-36,43,50,66H,6-7,12-13,17-28H2,1-5H3,(H,58,65)(H2,54,56,57,59). The van der Waals surface area contributed by atoms with Crippen molar-refractivity contribution in [2.45, 2.75) is 96.0 Å². The Morgan fingerprint density at radius 2 is 1.64 bits per heavy atom. The van der Waals surface area contributed by atoms with E-state index in [1.54, 1.807) is 31.2 Å². The van der Waals surface area contributed by atoms with Gasteiger partial charge in [-0.1, -0.05) is 32.0 Å². The number of ether oxygens (including phenoxy) is 1. The zero-order valence-corrected chi connectivity index (χ0v) is 43.4. The number of fused-ring (bicyclic) bond motifs is 2. The summed E-state index contributed by atoms with van der Waals surface area (Å²) in [5.41, 5.74) is 8.65. The number of nitrogens with one attached hydrogen (secondary N) is 3. The zero-order chi connectivity index (χ0) is 48.8. The van der Waals surface area contributed by atoms with Crippen molar-refractivity contribution in [3.05, 3.63) is 92.6 Å². The predicted molar refractivity (Wildman–Crippen MR) is 283 cm³/mol. The second-order valence-corrected chi connectivity index (χ2v) is 23.7. The fourth-order valence-corrected chi connectivity index (χ4v) is 12.8.